The minimum Gasteiger partial charge on any atom is -0.380 e. The van der Waals surface area contributed by atoms with Gasteiger partial charge in [0.25, 0.3) is 0 Å². The Morgan fingerprint density at radius 2 is 2.15 bits per heavy atom. The van der Waals surface area contributed by atoms with Gasteiger partial charge in [-0.2, -0.15) is 0 Å². The second-order valence-electron chi connectivity index (χ2n) is 3.94. The zero-order valence-corrected chi connectivity index (χ0v) is 7.59. The lowest BCUT2D eigenvalue weighted by atomic mass is 9.89. The summed E-state index contributed by atoms with van der Waals surface area (Å²) in [5, 5.41) is 7.00. The van der Waals surface area contributed by atoms with E-state index in [1.807, 2.05) is 0 Å². The van der Waals surface area contributed by atoms with Gasteiger partial charge in [0.05, 0.1) is 0 Å². The van der Waals surface area contributed by atoms with Crippen LogP contribution < -0.4 is 10.6 Å². The van der Waals surface area contributed by atoms with Crippen molar-refractivity contribution in [2.24, 2.45) is 0 Å². The maximum atomic E-state index is 3.57. The Labute approximate surface area is 78.3 Å². The Hall–Kier alpha value is -1.02. The highest BCUT2D eigenvalue weighted by Gasteiger charge is 2.33. The van der Waals surface area contributed by atoms with Crippen molar-refractivity contribution < 1.29 is 0 Å². The van der Waals surface area contributed by atoms with Crippen LogP contribution in [0.25, 0.3) is 0 Å². The van der Waals surface area contributed by atoms with Crippen molar-refractivity contribution >= 4 is 5.69 Å². The highest BCUT2D eigenvalue weighted by Crippen LogP contribution is 2.38. The lowest BCUT2D eigenvalue weighted by Crippen LogP contribution is -2.40. The number of para-hydroxylation sites is 1. The molecule has 2 nitrogen and oxygen atoms in total. The second-order valence-corrected chi connectivity index (χ2v) is 3.94. The van der Waals surface area contributed by atoms with Crippen LogP contribution in [0.4, 0.5) is 5.69 Å². The van der Waals surface area contributed by atoms with Crippen LogP contribution in [-0.4, -0.2) is 19.1 Å². The molecule has 13 heavy (non-hydrogen) atoms. The quantitative estimate of drug-likeness (QED) is 0.623. The molecule has 2 atom stereocenters. The highest BCUT2D eigenvalue weighted by atomic mass is 15.0. The zero-order chi connectivity index (χ0) is 8.67. The molecular weight excluding hydrogens is 160 g/mol. The molecule has 0 saturated carbocycles. The van der Waals surface area contributed by atoms with Crippen molar-refractivity contribution in [2.45, 2.75) is 18.4 Å². The van der Waals surface area contributed by atoms with Crippen molar-refractivity contribution in [1.29, 1.82) is 0 Å². The molecule has 0 aromatic heterocycles. The first kappa shape index (κ1) is 7.39. The Balaban J connectivity index is 2.01. The molecule has 1 aromatic carbocycles. The van der Waals surface area contributed by atoms with Gasteiger partial charge in [-0.25, -0.2) is 0 Å². The monoisotopic (exact) mass is 174 g/mol. The molecule has 1 saturated heterocycles. The predicted octanol–water partition coefficient (Wildman–Crippen LogP) is 1.56. The fraction of sp³-hybridized carbons (Fsp3) is 0.455. The molecule has 1 fully saturated rings. The molecule has 2 heteroatoms. The summed E-state index contributed by atoms with van der Waals surface area (Å²) in [4.78, 5) is 0. The van der Waals surface area contributed by atoms with E-state index >= 15 is 0 Å². The summed E-state index contributed by atoms with van der Waals surface area (Å²) in [6.45, 7) is 2.27. The second kappa shape index (κ2) is 2.74. The normalized spacial score (nSPS) is 30.5. The van der Waals surface area contributed by atoms with Crippen LogP contribution in [0.5, 0.6) is 0 Å². The fourth-order valence-electron chi connectivity index (χ4n) is 2.53. The molecule has 0 unspecified atom stereocenters. The van der Waals surface area contributed by atoms with E-state index in [9.17, 15) is 0 Å². The lowest BCUT2D eigenvalue weighted by molar-refractivity contribution is 0.439. The molecule has 2 aliphatic rings. The summed E-state index contributed by atoms with van der Waals surface area (Å²) in [5.41, 5.74) is 2.87. The summed E-state index contributed by atoms with van der Waals surface area (Å²) in [7, 11) is 0. The fourth-order valence-corrected chi connectivity index (χ4v) is 2.53. The Morgan fingerprint density at radius 3 is 3.15 bits per heavy atom. The molecule has 2 aliphatic heterocycles. The maximum absolute atomic E-state index is 3.57. The van der Waals surface area contributed by atoms with Gasteiger partial charge in [0.1, 0.15) is 0 Å². The number of piperidine rings is 1. The van der Waals surface area contributed by atoms with E-state index in [1.54, 1.807) is 0 Å². The first-order chi connectivity index (χ1) is 6.45. The largest absolute Gasteiger partial charge is 0.380 e. The number of fused-ring (bicyclic) bond motifs is 3. The van der Waals surface area contributed by atoms with E-state index < -0.39 is 0 Å². The van der Waals surface area contributed by atoms with Crippen LogP contribution in [-0.2, 0) is 0 Å². The Morgan fingerprint density at radius 1 is 1.23 bits per heavy atom. The van der Waals surface area contributed by atoms with Crippen LogP contribution in [0, 0.1) is 0 Å². The van der Waals surface area contributed by atoms with E-state index in [0.717, 1.165) is 19.0 Å². The van der Waals surface area contributed by atoms with E-state index in [1.165, 1.54) is 17.7 Å². The molecule has 1 aromatic rings. The third-order valence-electron chi connectivity index (χ3n) is 3.18. The van der Waals surface area contributed by atoms with Gasteiger partial charge >= 0.3 is 0 Å². The van der Waals surface area contributed by atoms with Gasteiger partial charge in [0.15, 0.2) is 0 Å². The highest BCUT2D eigenvalue weighted by molar-refractivity contribution is 5.59. The van der Waals surface area contributed by atoms with Gasteiger partial charge in [0.2, 0.25) is 0 Å². The van der Waals surface area contributed by atoms with Crippen LogP contribution in [0.3, 0.4) is 0 Å². The summed E-state index contributed by atoms with van der Waals surface area (Å²) in [6, 6.07) is 9.33. The number of hydrogen-bond acceptors (Lipinski definition) is 2. The first-order valence-corrected chi connectivity index (χ1v) is 5.01. The molecule has 0 amide bonds. The number of benzene rings is 1. The Kier molecular flexibility index (Phi) is 1.56. The minimum atomic E-state index is 0.631. The van der Waals surface area contributed by atoms with Gasteiger partial charge in [0, 0.05) is 24.2 Å². The van der Waals surface area contributed by atoms with Crippen molar-refractivity contribution in [3.63, 3.8) is 0 Å². The van der Waals surface area contributed by atoms with Crippen LogP contribution in [0.2, 0.25) is 0 Å². The van der Waals surface area contributed by atoms with E-state index in [4.69, 9.17) is 0 Å². The van der Waals surface area contributed by atoms with Crippen molar-refractivity contribution in [3.8, 4) is 0 Å². The third-order valence-corrected chi connectivity index (χ3v) is 3.18. The van der Waals surface area contributed by atoms with Gasteiger partial charge < -0.3 is 10.6 Å². The molecule has 68 valence electrons. The topological polar surface area (TPSA) is 24.1 Å². The molecular formula is C11H14N2. The summed E-state index contributed by atoms with van der Waals surface area (Å²) in [6.07, 6.45) is 1.27. The van der Waals surface area contributed by atoms with Crippen molar-refractivity contribution in [1.82, 2.24) is 5.32 Å². The van der Waals surface area contributed by atoms with Crippen LogP contribution in [0.15, 0.2) is 24.3 Å². The number of anilines is 1. The van der Waals surface area contributed by atoms with Crippen molar-refractivity contribution in [2.75, 3.05) is 18.4 Å². The van der Waals surface area contributed by atoms with E-state index in [-0.39, 0.29) is 0 Å². The predicted molar refractivity (Wildman–Crippen MR) is 54.1 cm³/mol. The molecule has 0 bridgehead atoms. The third kappa shape index (κ3) is 1.05. The van der Waals surface area contributed by atoms with Gasteiger partial charge in [-0.15, -0.1) is 0 Å². The SMILES string of the molecule is c1ccc2c(c1)N[C@@H]1CNCC[C@H]21. The smallest absolute Gasteiger partial charge is 0.0455 e. The number of hydrogen-bond donors (Lipinski definition) is 2. The maximum Gasteiger partial charge on any atom is 0.0455 e. The average molecular weight is 174 g/mol. The lowest BCUT2D eigenvalue weighted by Gasteiger charge is -2.26. The molecule has 0 spiro atoms. The molecule has 0 radical (unpaired) electrons. The van der Waals surface area contributed by atoms with Gasteiger partial charge in [-0.3, -0.25) is 0 Å². The standard InChI is InChI=1S/C11H14N2/c1-2-4-10-8(3-1)9-5-6-12-7-11(9)13-10/h1-4,9,11-13H,5-7H2/t9-,11-/m1/s1. The molecule has 3 rings (SSSR count). The van der Waals surface area contributed by atoms with Gasteiger partial charge in [-0.1, -0.05) is 18.2 Å². The number of rotatable bonds is 0. The van der Waals surface area contributed by atoms with Gasteiger partial charge in [-0.05, 0) is 24.6 Å². The zero-order valence-electron chi connectivity index (χ0n) is 7.59. The van der Waals surface area contributed by atoms with E-state index in [0.29, 0.717) is 6.04 Å². The van der Waals surface area contributed by atoms with Crippen LogP contribution >= 0.6 is 0 Å². The number of nitrogens with one attached hydrogen (secondary N) is 2. The molecule has 0 aliphatic carbocycles. The van der Waals surface area contributed by atoms with Crippen LogP contribution in [0.1, 0.15) is 17.9 Å². The Bertz CT molecular complexity index is 322. The summed E-state index contributed by atoms with van der Waals surface area (Å²) >= 11 is 0. The molecule has 2 heterocycles. The van der Waals surface area contributed by atoms with Crippen molar-refractivity contribution in [3.05, 3.63) is 29.8 Å². The summed E-state index contributed by atoms with van der Waals surface area (Å²) in [5.74, 6) is 0.748. The summed E-state index contributed by atoms with van der Waals surface area (Å²) < 4.78 is 0. The minimum absolute atomic E-state index is 0.631. The van der Waals surface area contributed by atoms with E-state index in [2.05, 4.69) is 34.9 Å². The first-order valence-electron chi connectivity index (χ1n) is 5.01. The average Bonchev–Trinajstić information content (AvgIpc) is 2.56. The molecule has 2 N–H and O–H groups in total.